The van der Waals surface area contributed by atoms with Gasteiger partial charge < -0.3 is 10.6 Å². The molecule has 0 fully saturated rings. The van der Waals surface area contributed by atoms with Crippen molar-refractivity contribution in [1.29, 1.82) is 0 Å². The summed E-state index contributed by atoms with van der Waals surface area (Å²) in [7, 11) is 0. The first-order chi connectivity index (χ1) is 16.4. The SMILES string of the molecule is O=C(Nc1ccc2cc3ccc(NC(=O)c4ccc(Cl)cc4)cc3nc2c1)c1ccc(Cl)cc1. The third-order valence-electron chi connectivity index (χ3n) is 5.34. The summed E-state index contributed by atoms with van der Waals surface area (Å²) in [6.45, 7) is 0. The molecule has 0 spiro atoms. The molecule has 1 heterocycles. The molecule has 0 atom stereocenters. The molecule has 5 nitrogen and oxygen atoms in total. The maximum absolute atomic E-state index is 12.5. The number of halogens is 2. The van der Waals surface area contributed by atoms with Crippen molar-refractivity contribution < 1.29 is 9.59 Å². The molecule has 34 heavy (non-hydrogen) atoms. The normalized spacial score (nSPS) is 10.9. The summed E-state index contributed by atoms with van der Waals surface area (Å²) < 4.78 is 0. The predicted octanol–water partition coefficient (Wildman–Crippen LogP) is 7.20. The van der Waals surface area contributed by atoms with Crippen LogP contribution in [-0.2, 0) is 0 Å². The predicted molar refractivity (Wildman–Crippen MR) is 138 cm³/mol. The van der Waals surface area contributed by atoms with E-state index in [4.69, 9.17) is 28.2 Å². The molecular formula is C27H17Cl2N3O2. The zero-order chi connectivity index (χ0) is 23.7. The topological polar surface area (TPSA) is 71.1 Å². The Morgan fingerprint density at radius 1 is 0.559 bits per heavy atom. The van der Waals surface area contributed by atoms with Crippen LogP contribution in [0.1, 0.15) is 20.7 Å². The minimum Gasteiger partial charge on any atom is -0.322 e. The minimum atomic E-state index is -0.232. The molecule has 2 N–H and O–H groups in total. The lowest BCUT2D eigenvalue weighted by atomic mass is 10.1. The summed E-state index contributed by atoms with van der Waals surface area (Å²) in [4.78, 5) is 29.8. The fraction of sp³-hybridized carbons (Fsp3) is 0. The molecule has 0 aliphatic heterocycles. The number of hydrogen-bond donors (Lipinski definition) is 2. The van der Waals surface area contributed by atoms with E-state index in [1.165, 1.54) is 0 Å². The maximum Gasteiger partial charge on any atom is 0.255 e. The average molecular weight is 486 g/mol. The van der Waals surface area contributed by atoms with E-state index >= 15 is 0 Å². The van der Waals surface area contributed by atoms with Gasteiger partial charge in [0.25, 0.3) is 11.8 Å². The van der Waals surface area contributed by atoms with E-state index in [1.54, 1.807) is 48.5 Å². The highest BCUT2D eigenvalue weighted by Gasteiger charge is 2.10. The van der Waals surface area contributed by atoms with Gasteiger partial charge in [-0.1, -0.05) is 35.3 Å². The third kappa shape index (κ3) is 4.71. The minimum absolute atomic E-state index is 0.232. The number of benzene rings is 4. The Morgan fingerprint density at radius 2 is 0.971 bits per heavy atom. The number of carbonyl (C=O) groups is 2. The van der Waals surface area contributed by atoms with Gasteiger partial charge in [-0.2, -0.15) is 0 Å². The van der Waals surface area contributed by atoms with Crippen molar-refractivity contribution in [2.45, 2.75) is 0 Å². The fourth-order valence-electron chi connectivity index (χ4n) is 3.59. The van der Waals surface area contributed by atoms with Crippen LogP contribution in [0.2, 0.25) is 10.0 Å². The lowest BCUT2D eigenvalue weighted by Crippen LogP contribution is -2.11. The van der Waals surface area contributed by atoms with Crippen molar-refractivity contribution in [1.82, 2.24) is 4.98 Å². The van der Waals surface area contributed by atoms with Gasteiger partial charge in [-0.3, -0.25) is 9.59 Å². The first-order valence-electron chi connectivity index (χ1n) is 10.4. The second-order valence-electron chi connectivity index (χ2n) is 7.73. The van der Waals surface area contributed by atoms with E-state index in [9.17, 15) is 9.59 Å². The summed E-state index contributed by atoms with van der Waals surface area (Å²) in [5.41, 5.74) is 3.73. The molecule has 0 radical (unpaired) electrons. The van der Waals surface area contributed by atoms with Gasteiger partial charge in [0.1, 0.15) is 0 Å². The van der Waals surface area contributed by atoms with Crippen LogP contribution in [0, 0.1) is 0 Å². The monoisotopic (exact) mass is 485 g/mol. The third-order valence-corrected chi connectivity index (χ3v) is 5.85. The largest absolute Gasteiger partial charge is 0.322 e. The molecule has 2 amide bonds. The van der Waals surface area contributed by atoms with Gasteiger partial charge in [-0.15, -0.1) is 0 Å². The van der Waals surface area contributed by atoms with E-state index in [2.05, 4.69) is 10.6 Å². The van der Waals surface area contributed by atoms with Crippen molar-refractivity contribution in [3.63, 3.8) is 0 Å². The number of aromatic nitrogens is 1. The quantitative estimate of drug-likeness (QED) is 0.264. The Hall–Kier alpha value is -3.93. The Labute approximate surface area is 205 Å². The number of amides is 2. The average Bonchev–Trinajstić information content (AvgIpc) is 2.83. The first kappa shape index (κ1) is 21.9. The highest BCUT2D eigenvalue weighted by Crippen LogP contribution is 2.25. The van der Waals surface area contributed by atoms with Crippen LogP contribution in [0.15, 0.2) is 91.0 Å². The Kier molecular flexibility index (Phi) is 5.88. The van der Waals surface area contributed by atoms with Crippen LogP contribution in [0.25, 0.3) is 21.8 Å². The van der Waals surface area contributed by atoms with E-state index in [0.29, 0.717) is 32.5 Å². The molecule has 0 saturated carbocycles. The summed E-state index contributed by atoms with van der Waals surface area (Å²) in [6.07, 6.45) is 0. The van der Waals surface area contributed by atoms with Gasteiger partial charge in [0.2, 0.25) is 0 Å². The molecule has 0 saturated heterocycles. The number of nitrogens with one attached hydrogen (secondary N) is 2. The number of pyridine rings is 1. The van der Waals surface area contributed by atoms with Crippen LogP contribution in [0.3, 0.4) is 0 Å². The van der Waals surface area contributed by atoms with E-state index in [0.717, 1.165) is 21.8 Å². The van der Waals surface area contributed by atoms with Gasteiger partial charge in [-0.25, -0.2) is 4.98 Å². The van der Waals surface area contributed by atoms with Gasteiger partial charge >= 0.3 is 0 Å². The molecule has 0 unspecified atom stereocenters. The van der Waals surface area contributed by atoms with Crippen LogP contribution in [0.5, 0.6) is 0 Å². The number of hydrogen-bond acceptors (Lipinski definition) is 3. The van der Waals surface area contributed by atoms with Crippen molar-refractivity contribution in [2.75, 3.05) is 10.6 Å². The number of rotatable bonds is 4. The molecule has 166 valence electrons. The Morgan fingerprint density at radius 3 is 1.38 bits per heavy atom. The van der Waals surface area contributed by atoms with Crippen molar-refractivity contribution in [3.05, 3.63) is 112 Å². The number of nitrogens with zero attached hydrogens (tertiary/aromatic N) is 1. The smallest absolute Gasteiger partial charge is 0.255 e. The number of fused-ring (bicyclic) bond motifs is 2. The van der Waals surface area contributed by atoms with E-state index in [-0.39, 0.29) is 11.8 Å². The lowest BCUT2D eigenvalue weighted by molar-refractivity contribution is 0.101. The van der Waals surface area contributed by atoms with Crippen molar-refractivity contribution >= 4 is 68.2 Å². The number of carbonyl (C=O) groups excluding carboxylic acids is 2. The molecule has 0 aliphatic carbocycles. The van der Waals surface area contributed by atoms with Crippen LogP contribution in [-0.4, -0.2) is 16.8 Å². The molecule has 4 aromatic carbocycles. The lowest BCUT2D eigenvalue weighted by Gasteiger charge is -2.09. The van der Waals surface area contributed by atoms with Gasteiger partial charge in [0.05, 0.1) is 11.0 Å². The van der Waals surface area contributed by atoms with E-state index in [1.807, 2.05) is 42.5 Å². The maximum atomic E-state index is 12.5. The van der Waals surface area contributed by atoms with Gasteiger partial charge in [0, 0.05) is 43.3 Å². The standard InChI is InChI=1S/C27H17Cl2N3O2/c28-20-7-1-16(2-8-20)26(33)30-22-11-5-18-13-19-6-12-23(15-25(19)32-24(18)14-22)31-27(34)17-3-9-21(29)10-4-17/h1-15H,(H,30,33)(H,31,34). The molecule has 1 aromatic heterocycles. The highest BCUT2D eigenvalue weighted by molar-refractivity contribution is 6.31. The molecule has 5 rings (SSSR count). The molecule has 7 heteroatoms. The second-order valence-corrected chi connectivity index (χ2v) is 8.60. The summed E-state index contributed by atoms with van der Waals surface area (Å²) in [5, 5.41) is 8.80. The van der Waals surface area contributed by atoms with Crippen LogP contribution >= 0.6 is 23.2 Å². The molecule has 0 bridgehead atoms. The number of anilines is 2. The zero-order valence-electron chi connectivity index (χ0n) is 17.7. The first-order valence-corrected chi connectivity index (χ1v) is 11.2. The van der Waals surface area contributed by atoms with Gasteiger partial charge in [-0.05, 0) is 78.9 Å². The Balaban J connectivity index is 1.40. The second kappa shape index (κ2) is 9.14. The molecular weight excluding hydrogens is 469 g/mol. The summed E-state index contributed by atoms with van der Waals surface area (Å²) in [6, 6.07) is 26.5. The molecule has 0 aliphatic rings. The molecule has 5 aromatic rings. The Bertz CT molecular complexity index is 1430. The van der Waals surface area contributed by atoms with Gasteiger partial charge in [0.15, 0.2) is 0 Å². The zero-order valence-corrected chi connectivity index (χ0v) is 19.2. The fourth-order valence-corrected chi connectivity index (χ4v) is 3.84. The van der Waals surface area contributed by atoms with E-state index < -0.39 is 0 Å². The summed E-state index contributed by atoms with van der Waals surface area (Å²) in [5.74, 6) is -0.465. The van der Waals surface area contributed by atoms with Crippen LogP contribution < -0.4 is 10.6 Å². The van der Waals surface area contributed by atoms with Crippen molar-refractivity contribution in [2.24, 2.45) is 0 Å². The van der Waals surface area contributed by atoms with Crippen LogP contribution in [0.4, 0.5) is 11.4 Å². The van der Waals surface area contributed by atoms with Crippen molar-refractivity contribution in [3.8, 4) is 0 Å². The highest BCUT2D eigenvalue weighted by atomic mass is 35.5. The summed E-state index contributed by atoms with van der Waals surface area (Å²) >= 11 is 11.8.